The van der Waals surface area contributed by atoms with Crippen LogP contribution in [0.3, 0.4) is 0 Å². The van der Waals surface area contributed by atoms with Gasteiger partial charge in [0.15, 0.2) is 0 Å². The van der Waals surface area contributed by atoms with Crippen molar-refractivity contribution in [1.82, 2.24) is 10.9 Å². The zero-order chi connectivity index (χ0) is 20.3. The molecule has 1 aliphatic heterocycles. The third-order valence-electron chi connectivity index (χ3n) is 4.34. The van der Waals surface area contributed by atoms with E-state index in [2.05, 4.69) is 10.9 Å². The maximum absolute atomic E-state index is 13.2. The number of benzene rings is 2. The van der Waals surface area contributed by atoms with E-state index in [-0.39, 0.29) is 5.91 Å². The Morgan fingerprint density at radius 3 is 2.57 bits per heavy atom. The minimum atomic E-state index is -0.631. The second-order valence-corrected chi connectivity index (χ2v) is 7.79. The summed E-state index contributed by atoms with van der Waals surface area (Å²) in [4.78, 5) is 26.8. The topological polar surface area (TPSA) is 96.7 Å². The number of nitrogen functional groups attached to an aromatic ring is 1. The summed E-state index contributed by atoms with van der Waals surface area (Å²) in [6.07, 6.45) is -0.214. The summed E-state index contributed by atoms with van der Waals surface area (Å²) in [6, 6.07) is 14.7. The number of anilines is 2. The van der Waals surface area contributed by atoms with Crippen LogP contribution in [0.25, 0.3) is 0 Å². The smallest absolute Gasteiger partial charge is 0.422 e. The number of nitrogens with zero attached hydrogens (tertiary/aromatic N) is 1. The number of fused-ring (bicyclic) bond motifs is 1. The summed E-state index contributed by atoms with van der Waals surface area (Å²) in [5.74, 6) is -0.162. The lowest BCUT2D eigenvalue weighted by Gasteiger charge is -2.35. The number of carbonyl (C=O) groups excluding carboxylic acids is 2. The Hall–Kier alpha value is -3.06. The molecule has 0 aliphatic carbocycles. The second-order valence-electron chi connectivity index (χ2n) is 7.79. The largest absolute Gasteiger partial charge is 0.443 e. The van der Waals surface area contributed by atoms with Crippen molar-refractivity contribution in [1.29, 1.82) is 0 Å². The number of amides is 2. The van der Waals surface area contributed by atoms with Crippen molar-refractivity contribution >= 4 is 23.4 Å². The van der Waals surface area contributed by atoms with Crippen molar-refractivity contribution in [2.45, 2.75) is 45.4 Å². The standard InChI is InChI=1S/C21H26N4O3/c1-21(2,3)28-20(27)24-23-17-12-15-10-7-11-16(22)18(15)25(19(17)26)13-14-8-5-4-6-9-14/h4-11,17,23H,12-13,22H2,1-3H3,(H,24,27). The summed E-state index contributed by atoms with van der Waals surface area (Å²) in [5, 5.41) is 0. The quantitative estimate of drug-likeness (QED) is 0.558. The molecule has 1 heterocycles. The van der Waals surface area contributed by atoms with E-state index in [0.29, 0.717) is 18.7 Å². The molecule has 0 saturated heterocycles. The molecule has 1 atom stereocenters. The fourth-order valence-electron chi connectivity index (χ4n) is 3.20. The van der Waals surface area contributed by atoms with E-state index in [1.165, 1.54) is 0 Å². The number of ether oxygens (including phenoxy) is 1. The zero-order valence-electron chi connectivity index (χ0n) is 16.4. The van der Waals surface area contributed by atoms with E-state index in [9.17, 15) is 9.59 Å². The van der Waals surface area contributed by atoms with Crippen LogP contribution in [0.2, 0.25) is 0 Å². The van der Waals surface area contributed by atoms with Gasteiger partial charge in [0.2, 0.25) is 5.91 Å². The van der Waals surface area contributed by atoms with Gasteiger partial charge in [0.05, 0.1) is 17.9 Å². The molecule has 0 aromatic heterocycles. The summed E-state index contributed by atoms with van der Waals surface area (Å²) in [5.41, 5.74) is 14.1. The first-order chi connectivity index (χ1) is 13.2. The Morgan fingerprint density at radius 1 is 1.18 bits per heavy atom. The number of hydrogen-bond donors (Lipinski definition) is 3. The fraction of sp³-hybridized carbons (Fsp3) is 0.333. The minimum Gasteiger partial charge on any atom is -0.443 e. The Morgan fingerprint density at radius 2 is 1.89 bits per heavy atom. The highest BCUT2D eigenvalue weighted by Crippen LogP contribution is 2.34. The molecule has 28 heavy (non-hydrogen) atoms. The number of nitrogens with one attached hydrogen (secondary N) is 2. The van der Waals surface area contributed by atoms with Crippen molar-refractivity contribution in [3.63, 3.8) is 0 Å². The number of nitrogens with two attached hydrogens (primary N) is 1. The Bertz CT molecular complexity index is 862. The summed E-state index contributed by atoms with van der Waals surface area (Å²) < 4.78 is 5.22. The van der Waals surface area contributed by atoms with E-state index < -0.39 is 17.7 Å². The van der Waals surface area contributed by atoms with Gasteiger partial charge in [-0.15, -0.1) is 0 Å². The number of para-hydroxylation sites is 1. The molecule has 0 bridgehead atoms. The Balaban J connectivity index is 1.81. The number of carbonyl (C=O) groups is 2. The molecule has 1 aliphatic rings. The minimum absolute atomic E-state index is 0.162. The van der Waals surface area contributed by atoms with Gasteiger partial charge in [-0.3, -0.25) is 10.2 Å². The molecule has 7 nitrogen and oxygen atoms in total. The van der Waals surface area contributed by atoms with Gasteiger partial charge >= 0.3 is 6.09 Å². The first-order valence-electron chi connectivity index (χ1n) is 9.22. The van der Waals surface area contributed by atoms with E-state index in [4.69, 9.17) is 10.5 Å². The molecule has 2 aromatic rings. The molecule has 0 radical (unpaired) electrons. The summed E-state index contributed by atoms with van der Waals surface area (Å²) in [6.45, 7) is 5.72. The summed E-state index contributed by atoms with van der Waals surface area (Å²) in [7, 11) is 0. The molecule has 4 N–H and O–H groups in total. The van der Waals surface area contributed by atoms with E-state index in [0.717, 1.165) is 16.8 Å². The van der Waals surface area contributed by atoms with Crippen LogP contribution >= 0.6 is 0 Å². The molecule has 7 heteroatoms. The molecule has 0 fully saturated rings. The van der Waals surface area contributed by atoms with Crippen LogP contribution in [-0.2, 0) is 22.5 Å². The van der Waals surface area contributed by atoms with E-state index in [1.807, 2.05) is 42.5 Å². The maximum atomic E-state index is 13.2. The Labute approximate surface area is 164 Å². The van der Waals surface area contributed by atoms with Crippen LogP contribution in [-0.4, -0.2) is 23.6 Å². The normalized spacial score (nSPS) is 16.5. The first kappa shape index (κ1) is 19.7. The number of hydrazine groups is 1. The fourth-order valence-corrected chi connectivity index (χ4v) is 3.20. The monoisotopic (exact) mass is 382 g/mol. The molecule has 3 rings (SSSR count). The average Bonchev–Trinajstić information content (AvgIpc) is 2.62. The predicted molar refractivity (Wildman–Crippen MR) is 108 cm³/mol. The molecule has 1 unspecified atom stereocenters. The lowest BCUT2D eigenvalue weighted by atomic mass is 9.96. The highest BCUT2D eigenvalue weighted by Gasteiger charge is 2.34. The molecular formula is C21H26N4O3. The third kappa shape index (κ3) is 4.61. The van der Waals surface area contributed by atoms with Gasteiger partial charge in [-0.1, -0.05) is 42.5 Å². The zero-order valence-corrected chi connectivity index (χ0v) is 16.4. The van der Waals surface area contributed by atoms with Crippen molar-refractivity contribution in [3.8, 4) is 0 Å². The van der Waals surface area contributed by atoms with Gasteiger partial charge in [-0.05, 0) is 38.0 Å². The lowest BCUT2D eigenvalue weighted by Crippen LogP contribution is -2.56. The Kier molecular flexibility index (Phi) is 5.56. The van der Waals surface area contributed by atoms with Crippen molar-refractivity contribution in [2.24, 2.45) is 0 Å². The highest BCUT2D eigenvalue weighted by molar-refractivity contribution is 6.03. The molecule has 0 spiro atoms. The first-order valence-corrected chi connectivity index (χ1v) is 9.22. The van der Waals surface area contributed by atoms with Gasteiger partial charge in [0, 0.05) is 6.42 Å². The van der Waals surface area contributed by atoms with E-state index >= 15 is 0 Å². The van der Waals surface area contributed by atoms with Crippen LogP contribution in [0.4, 0.5) is 16.2 Å². The second kappa shape index (κ2) is 7.90. The third-order valence-corrected chi connectivity index (χ3v) is 4.34. The molecule has 148 valence electrons. The van der Waals surface area contributed by atoms with Crippen molar-refractivity contribution in [3.05, 3.63) is 59.7 Å². The number of rotatable bonds is 4. The van der Waals surface area contributed by atoms with Gasteiger partial charge in [-0.2, -0.15) is 0 Å². The number of hydrogen-bond acceptors (Lipinski definition) is 5. The van der Waals surface area contributed by atoms with Gasteiger partial charge in [0.25, 0.3) is 0 Å². The molecule has 0 saturated carbocycles. The predicted octanol–water partition coefficient (Wildman–Crippen LogP) is 2.76. The van der Waals surface area contributed by atoms with Crippen molar-refractivity contribution in [2.75, 3.05) is 10.6 Å². The summed E-state index contributed by atoms with van der Waals surface area (Å²) >= 11 is 0. The van der Waals surface area contributed by atoms with Crippen molar-refractivity contribution < 1.29 is 14.3 Å². The van der Waals surface area contributed by atoms with Gasteiger partial charge < -0.3 is 15.4 Å². The van der Waals surface area contributed by atoms with Crippen LogP contribution in [0.15, 0.2) is 48.5 Å². The van der Waals surface area contributed by atoms with Crippen LogP contribution in [0, 0.1) is 0 Å². The van der Waals surface area contributed by atoms with Crippen LogP contribution in [0.1, 0.15) is 31.9 Å². The van der Waals surface area contributed by atoms with Gasteiger partial charge in [-0.25, -0.2) is 10.2 Å². The molecule has 2 amide bonds. The van der Waals surface area contributed by atoms with Crippen LogP contribution in [0.5, 0.6) is 0 Å². The maximum Gasteiger partial charge on any atom is 0.422 e. The molecular weight excluding hydrogens is 356 g/mol. The van der Waals surface area contributed by atoms with Gasteiger partial charge in [0.1, 0.15) is 11.6 Å². The highest BCUT2D eigenvalue weighted by atomic mass is 16.6. The van der Waals surface area contributed by atoms with E-state index in [1.54, 1.807) is 31.7 Å². The average molecular weight is 382 g/mol. The van der Waals surface area contributed by atoms with Crippen LogP contribution < -0.4 is 21.5 Å². The molecule has 2 aromatic carbocycles. The SMILES string of the molecule is CC(C)(C)OC(=O)NNC1Cc2cccc(N)c2N(Cc2ccccc2)C1=O. The lowest BCUT2D eigenvalue weighted by molar-refractivity contribution is -0.121.